The molecule has 2 rings (SSSR count). The largest absolute Gasteiger partial charge is 0.347 e. The van der Waals surface area contributed by atoms with E-state index >= 15 is 0 Å². The molecule has 0 atom stereocenters. The quantitative estimate of drug-likeness (QED) is 0.812. The van der Waals surface area contributed by atoms with E-state index in [2.05, 4.69) is 42.0 Å². The lowest BCUT2D eigenvalue weighted by molar-refractivity contribution is 0.650. The number of hydrogen-bond donors (Lipinski definition) is 1. The van der Waals surface area contributed by atoms with Crippen LogP contribution in [-0.4, -0.2) is 4.57 Å². The second-order valence-corrected chi connectivity index (χ2v) is 3.92. The average molecular weight is 202 g/mol. The zero-order chi connectivity index (χ0) is 10.7. The Morgan fingerprint density at radius 1 is 1.27 bits per heavy atom. The first kappa shape index (κ1) is 10.2. The molecule has 0 aliphatic rings. The Balaban J connectivity index is 2.42. The first-order valence-corrected chi connectivity index (χ1v) is 5.63. The first-order chi connectivity index (χ1) is 7.36. The Kier molecular flexibility index (Phi) is 3.07. The van der Waals surface area contributed by atoms with Gasteiger partial charge >= 0.3 is 0 Å². The predicted octanol–water partition coefficient (Wildman–Crippen LogP) is 2.90. The Labute approximate surface area is 90.7 Å². The molecule has 2 nitrogen and oxygen atoms in total. The summed E-state index contributed by atoms with van der Waals surface area (Å²) in [6.45, 7) is 3.94. The van der Waals surface area contributed by atoms with E-state index in [1.54, 1.807) is 0 Å². The SMILES string of the molecule is CCCCn1ccc2c(CN)cccc21. The second kappa shape index (κ2) is 4.49. The lowest BCUT2D eigenvalue weighted by atomic mass is 10.1. The number of aryl methyl sites for hydroxylation is 1. The van der Waals surface area contributed by atoms with Crippen LogP contribution in [0.15, 0.2) is 30.5 Å². The van der Waals surface area contributed by atoms with Crippen molar-refractivity contribution in [2.24, 2.45) is 5.73 Å². The van der Waals surface area contributed by atoms with Crippen LogP contribution in [0.3, 0.4) is 0 Å². The summed E-state index contributed by atoms with van der Waals surface area (Å²) in [5, 5.41) is 1.30. The van der Waals surface area contributed by atoms with Crippen LogP contribution in [-0.2, 0) is 13.1 Å². The standard InChI is InChI=1S/C13H18N2/c1-2-3-8-15-9-7-12-11(10-14)5-4-6-13(12)15/h4-7,9H,2-3,8,10,14H2,1H3. The molecule has 15 heavy (non-hydrogen) atoms. The number of nitrogens with two attached hydrogens (primary N) is 1. The smallest absolute Gasteiger partial charge is 0.0483 e. The molecular formula is C13H18N2. The van der Waals surface area contributed by atoms with E-state index in [0.29, 0.717) is 6.54 Å². The average Bonchev–Trinajstić information content (AvgIpc) is 2.69. The molecule has 0 aliphatic heterocycles. The van der Waals surface area contributed by atoms with E-state index in [-0.39, 0.29) is 0 Å². The van der Waals surface area contributed by atoms with Crippen LogP contribution in [0.1, 0.15) is 25.3 Å². The highest BCUT2D eigenvalue weighted by Gasteiger charge is 2.03. The molecule has 0 fully saturated rings. The van der Waals surface area contributed by atoms with Crippen molar-refractivity contribution in [1.29, 1.82) is 0 Å². The second-order valence-electron chi connectivity index (χ2n) is 3.92. The van der Waals surface area contributed by atoms with Crippen LogP contribution in [0.4, 0.5) is 0 Å². The van der Waals surface area contributed by atoms with Crippen molar-refractivity contribution in [3.8, 4) is 0 Å². The van der Waals surface area contributed by atoms with Crippen LogP contribution in [0.5, 0.6) is 0 Å². The summed E-state index contributed by atoms with van der Waals surface area (Å²) in [6, 6.07) is 8.54. The predicted molar refractivity (Wildman–Crippen MR) is 64.7 cm³/mol. The molecule has 0 amide bonds. The van der Waals surface area contributed by atoms with Crippen molar-refractivity contribution in [3.63, 3.8) is 0 Å². The number of aromatic nitrogens is 1. The summed E-state index contributed by atoms with van der Waals surface area (Å²) in [4.78, 5) is 0. The van der Waals surface area contributed by atoms with Crippen LogP contribution in [0, 0.1) is 0 Å². The van der Waals surface area contributed by atoms with E-state index in [1.165, 1.54) is 29.3 Å². The van der Waals surface area contributed by atoms with Gasteiger partial charge in [0.1, 0.15) is 0 Å². The van der Waals surface area contributed by atoms with Crippen LogP contribution >= 0.6 is 0 Å². The van der Waals surface area contributed by atoms with Gasteiger partial charge in [0.15, 0.2) is 0 Å². The summed E-state index contributed by atoms with van der Waals surface area (Å²) in [7, 11) is 0. The zero-order valence-electron chi connectivity index (χ0n) is 9.24. The van der Waals surface area contributed by atoms with Crippen molar-refractivity contribution >= 4 is 10.9 Å². The monoisotopic (exact) mass is 202 g/mol. The molecule has 2 N–H and O–H groups in total. The highest BCUT2D eigenvalue weighted by Crippen LogP contribution is 2.20. The minimum atomic E-state index is 0.620. The normalized spacial score (nSPS) is 11.1. The van der Waals surface area contributed by atoms with E-state index < -0.39 is 0 Å². The molecule has 0 bridgehead atoms. The number of hydrogen-bond acceptors (Lipinski definition) is 1. The molecule has 80 valence electrons. The fourth-order valence-electron chi connectivity index (χ4n) is 1.99. The Hall–Kier alpha value is -1.28. The van der Waals surface area contributed by atoms with Crippen molar-refractivity contribution in [2.45, 2.75) is 32.9 Å². The summed E-state index contributed by atoms with van der Waals surface area (Å²) in [5.41, 5.74) is 8.27. The fraction of sp³-hybridized carbons (Fsp3) is 0.385. The van der Waals surface area contributed by atoms with E-state index in [9.17, 15) is 0 Å². The lowest BCUT2D eigenvalue weighted by Gasteiger charge is -2.05. The molecule has 0 saturated heterocycles. The van der Waals surface area contributed by atoms with Crippen molar-refractivity contribution < 1.29 is 0 Å². The summed E-state index contributed by atoms with van der Waals surface area (Å²) in [6.07, 6.45) is 4.63. The lowest BCUT2D eigenvalue weighted by Crippen LogP contribution is -1.98. The molecule has 2 aromatic rings. The number of unbranched alkanes of at least 4 members (excludes halogenated alkanes) is 1. The number of fused-ring (bicyclic) bond motifs is 1. The van der Waals surface area contributed by atoms with Gasteiger partial charge in [-0.3, -0.25) is 0 Å². The maximum atomic E-state index is 5.72. The molecule has 0 spiro atoms. The first-order valence-electron chi connectivity index (χ1n) is 5.63. The third kappa shape index (κ3) is 1.90. The topological polar surface area (TPSA) is 30.9 Å². The summed E-state index contributed by atoms with van der Waals surface area (Å²) in [5.74, 6) is 0. The summed E-state index contributed by atoms with van der Waals surface area (Å²) < 4.78 is 2.32. The van der Waals surface area contributed by atoms with Crippen LogP contribution < -0.4 is 5.73 Å². The van der Waals surface area contributed by atoms with Gasteiger partial charge in [-0.15, -0.1) is 0 Å². The van der Waals surface area contributed by atoms with Gasteiger partial charge in [-0.05, 0) is 24.1 Å². The maximum Gasteiger partial charge on any atom is 0.0483 e. The van der Waals surface area contributed by atoms with E-state index in [1.807, 2.05) is 0 Å². The van der Waals surface area contributed by atoms with E-state index in [4.69, 9.17) is 5.73 Å². The van der Waals surface area contributed by atoms with Crippen molar-refractivity contribution in [2.75, 3.05) is 0 Å². The maximum absolute atomic E-state index is 5.72. The van der Waals surface area contributed by atoms with Crippen molar-refractivity contribution in [3.05, 3.63) is 36.0 Å². The molecule has 0 aliphatic carbocycles. The molecular weight excluding hydrogens is 184 g/mol. The number of rotatable bonds is 4. The van der Waals surface area contributed by atoms with Gasteiger partial charge in [-0.1, -0.05) is 25.5 Å². The van der Waals surface area contributed by atoms with Gasteiger partial charge in [0.25, 0.3) is 0 Å². The van der Waals surface area contributed by atoms with Gasteiger partial charge in [-0.25, -0.2) is 0 Å². The Morgan fingerprint density at radius 2 is 2.13 bits per heavy atom. The highest BCUT2D eigenvalue weighted by molar-refractivity contribution is 5.83. The molecule has 0 radical (unpaired) electrons. The summed E-state index contributed by atoms with van der Waals surface area (Å²) >= 11 is 0. The zero-order valence-corrected chi connectivity index (χ0v) is 9.24. The molecule has 2 heteroatoms. The number of benzene rings is 1. The van der Waals surface area contributed by atoms with Gasteiger partial charge in [0.2, 0.25) is 0 Å². The minimum absolute atomic E-state index is 0.620. The minimum Gasteiger partial charge on any atom is -0.347 e. The fourth-order valence-corrected chi connectivity index (χ4v) is 1.99. The van der Waals surface area contributed by atoms with Gasteiger partial charge < -0.3 is 10.3 Å². The molecule has 1 heterocycles. The van der Waals surface area contributed by atoms with Gasteiger partial charge in [0.05, 0.1) is 0 Å². The third-order valence-corrected chi connectivity index (χ3v) is 2.88. The van der Waals surface area contributed by atoms with Crippen molar-refractivity contribution in [1.82, 2.24) is 4.57 Å². The molecule has 0 saturated carbocycles. The van der Waals surface area contributed by atoms with Gasteiger partial charge in [-0.2, -0.15) is 0 Å². The van der Waals surface area contributed by atoms with Crippen LogP contribution in [0.25, 0.3) is 10.9 Å². The van der Waals surface area contributed by atoms with Gasteiger partial charge in [0, 0.05) is 30.2 Å². The molecule has 1 aromatic carbocycles. The highest BCUT2D eigenvalue weighted by atomic mass is 14.9. The molecule has 0 unspecified atom stereocenters. The van der Waals surface area contributed by atoms with E-state index in [0.717, 1.165) is 6.54 Å². The Morgan fingerprint density at radius 3 is 2.87 bits per heavy atom. The number of nitrogens with zero attached hydrogens (tertiary/aromatic N) is 1. The third-order valence-electron chi connectivity index (χ3n) is 2.88. The Bertz CT molecular complexity index is 443. The molecule has 1 aromatic heterocycles. The van der Waals surface area contributed by atoms with Crippen LogP contribution in [0.2, 0.25) is 0 Å².